The zero-order valence-electron chi connectivity index (χ0n) is 11.6. The van der Waals surface area contributed by atoms with Gasteiger partial charge in [-0.25, -0.2) is 0 Å². The minimum Gasteiger partial charge on any atom is -0.495 e. The first-order chi connectivity index (χ1) is 9.64. The lowest BCUT2D eigenvalue weighted by molar-refractivity contribution is 0.00808. The number of aliphatic hydroxyl groups is 1. The first-order valence-corrected chi connectivity index (χ1v) is 8.05. The Balaban J connectivity index is 1.93. The third-order valence-electron chi connectivity index (χ3n) is 4.43. The van der Waals surface area contributed by atoms with Crippen LogP contribution in [0.5, 0.6) is 5.75 Å². The number of rotatable bonds is 2. The largest absolute Gasteiger partial charge is 0.495 e. The molecule has 2 heterocycles. The molecule has 1 N–H and O–H groups in total. The van der Waals surface area contributed by atoms with E-state index < -0.39 is 5.60 Å². The van der Waals surface area contributed by atoms with Crippen molar-refractivity contribution in [2.24, 2.45) is 0 Å². The lowest BCUT2D eigenvalue weighted by Gasteiger charge is -2.44. The number of fused-ring (bicyclic) bond motifs is 2. The van der Waals surface area contributed by atoms with Crippen LogP contribution in [0, 0.1) is 11.3 Å². The second-order valence-corrected chi connectivity index (χ2v) is 7.38. The molecule has 4 heteroatoms. The average Bonchev–Trinajstić information content (AvgIpc) is 2.46. The summed E-state index contributed by atoms with van der Waals surface area (Å²) in [6, 6.07) is 7.65. The van der Waals surface area contributed by atoms with Crippen LogP contribution in [0.15, 0.2) is 18.2 Å². The number of thioether (sulfide) groups is 1. The fourth-order valence-electron chi connectivity index (χ4n) is 3.44. The molecule has 1 aromatic rings. The normalized spacial score (nSPS) is 32.5. The number of benzene rings is 1. The van der Waals surface area contributed by atoms with Gasteiger partial charge in [-0.2, -0.15) is 17.0 Å². The van der Waals surface area contributed by atoms with Crippen molar-refractivity contribution in [3.63, 3.8) is 0 Å². The summed E-state index contributed by atoms with van der Waals surface area (Å²) >= 11 is 2.04. The van der Waals surface area contributed by atoms with E-state index in [1.165, 1.54) is 19.3 Å². The molecule has 2 atom stereocenters. The Morgan fingerprint density at radius 3 is 2.65 bits per heavy atom. The summed E-state index contributed by atoms with van der Waals surface area (Å²) in [6.07, 6.45) is 5.27. The quantitative estimate of drug-likeness (QED) is 0.908. The summed E-state index contributed by atoms with van der Waals surface area (Å²) in [5.41, 5.74) is 0.590. The van der Waals surface area contributed by atoms with Crippen molar-refractivity contribution >= 4 is 11.8 Å². The van der Waals surface area contributed by atoms with E-state index >= 15 is 0 Å². The molecule has 2 bridgehead atoms. The molecule has 0 saturated carbocycles. The monoisotopic (exact) mass is 289 g/mol. The SMILES string of the molecule is COc1ccc(C2(O)CC3CCCC(C2)S3)cc1C#N. The topological polar surface area (TPSA) is 53.2 Å². The van der Waals surface area contributed by atoms with Crippen LogP contribution >= 0.6 is 11.8 Å². The lowest BCUT2D eigenvalue weighted by Crippen LogP contribution is -2.40. The van der Waals surface area contributed by atoms with E-state index in [1.54, 1.807) is 19.2 Å². The van der Waals surface area contributed by atoms with Gasteiger partial charge in [0.1, 0.15) is 11.8 Å². The second kappa shape index (κ2) is 5.31. The molecule has 2 unspecified atom stereocenters. The van der Waals surface area contributed by atoms with Crippen molar-refractivity contribution in [3.05, 3.63) is 29.3 Å². The fourth-order valence-corrected chi connectivity index (χ4v) is 5.33. The minimum atomic E-state index is -0.779. The Hall–Kier alpha value is -1.18. The van der Waals surface area contributed by atoms with Crippen LogP contribution in [0.25, 0.3) is 0 Å². The summed E-state index contributed by atoms with van der Waals surface area (Å²) in [6.45, 7) is 0. The first kappa shape index (κ1) is 13.8. The van der Waals surface area contributed by atoms with Gasteiger partial charge in [0, 0.05) is 10.5 Å². The molecule has 0 radical (unpaired) electrons. The van der Waals surface area contributed by atoms with Crippen molar-refractivity contribution in [1.82, 2.24) is 0 Å². The Morgan fingerprint density at radius 2 is 2.05 bits per heavy atom. The molecular weight excluding hydrogens is 270 g/mol. The molecule has 0 spiro atoms. The summed E-state index contributed by atoms with van der Waals surface area (Å²) in [5.74, 6) is 0.574. The van der Waals surface area contributed by atoms with E-state index in [9.17, 15) is 10.4 Å². The van der Waals surface area contributed by atoms with E-state index in [4.69, 9.17) is 4.74 Å². The lowest BCUT2D eigenvalue weighted by atomic mass is 9.80. The van der Waals surface area contributed by atoms with Crippen LogP contribution in [-0.4, -0.2) is 22.7 Å². The third-order valence-corrected chi connectivity index (χ3v) is 6.00. The van der Waals surface area contributed by atoms with E-state index in [1.807, 2.05) is 17.8 Å². The molecule has 0 amide bonds. The van der Waals surface area contributed by atoms with Gasteiger partial charge in [-0.1, -0.05) is 12.5 Å². The summed E-state index contributed by atoms with van der Waals surface area (Å²) in [4.78, 5) is 0. The van der Waals surface area contributed by atoms with Crippen molar-refractivity contribution < 1.29 is 9.84 Å². The highest BCUT2D eigenvalue weighted by atomic mass is 32.2. The maximum Gasteiger partial charge on any atom is 0.136 e. The van der Waals surface area contributed by atoms with E-state index in [0.717, 1.165) is 18.4 Å². The van der Waals surface area contributed by atoms with Gasteiger partial charge in [0.15, 0.2) is 0 Å². The van der Waals surface area contributed by atoms with Crippen LogP contribution in [-0.2, 0) is 5.60 Å². The van der Waals surface area contributed by atoms with Gasteiger partial charge in [0.25, 0.3) is 0 Å². The molecule has 2 aliphatic rings. The van der Waals surface area contributed by atoms with E-state index in [-0.39, 0.29) is 0 Å². The molecule has 0 aliphatic carbocycles. The summed E-state index contributed by atoms with van der Waals surface area (Å²) < 4.78 is 5.18. The Kier molecular flexibility index (Phi) is 3.66. The Labute approximate surface area is 123 Å². The molecule has 106 valence electrons. The van der Waals surface area contributed by atoms with Crippen LogP contribution in [0.2, 0.25) is 0 Å². The van der Waals surface area contributed by atoms with E-state index in [0.29, 0.717) is 21.8 Å². The predicted octanol–water partition coefficient (Wildman–Crippen LogP) is 3.20. The number of nitrogens with zero attached hydrogens (tertiary/aromatic N) is 1. The number of hydrogen-bond acceptors (Lipinski definition) is 4. The van der Waals surface area contributed by atoms with Crippen LogP contribution in [0.3, 0.4) is 0 Å². The smallest absolute Gasteiger partial charge is 0.136 e. The second-order valence-electron chi connectivity index (χ2n) is 5.78. The standard InChI is InChI=1S/C16H19NO2S/c1-19-15-6-5-12(7-11(15)10-17)16(18)8-13-3-2-4-14(9-16)20-13/h5-7,13-14,18H,2-4,8-9H2,1H3. The van der Waals surface area contributed by atoms with Crippen LogP contribution in [0.1, 0.15) is 43.2 Å². The van der Waals surface area contributed by atoms with Gasteiger partial charge in [0.2, 0.25) is 0 Å². The zero-order chi connectivity index (χ0) is 14.2. The van der Waals surface area contributed by atoms with Gasteiger partial charge in [0.05, 0.1) is 18.3 Å². The maximum atomic E-state index is 11.1. The van der Waals surface area contributed by atoms with Crippen LogP contribution < -0.4 is 4.74 Å². The number of hydrogen-bond donors (Lipinski definition) is 1. The van der Waals surface area contributed by atoms with Crippen molar-refractivity contribution in [2.75, 3.05) is 7.11 Å². The van der Waals surface area contributed by atoms with Crippen molar-refractivity contribution in [3.8, 4) is 11.8 Å². The third kappa shape index (κ3) is 2.41. The van der Waals surface area contributed by atoms with Gasteiger partial charge in [-0.15, -0.1) is 0 Å². The number of nitriles is 1. The van der Waals surface area contributed by atoms with Gasteiger partial charge >= 0.3 is 0 Å². The molecule has 3 nitrogen and oxygen atoms in total. The van der Waals surface area contributed by atoms with Gasteiger partial charge < -0.3 is 9.84 Å². The highest BCUT2D eigenvalue weighted by Gasteiger charge is 2.42. The van der Waals surface area contributed by atoms with Crippen LogP contribution in [0.4, 0.5) is 0 Å². The van der Waals surface area contributed by atoms with Gasteiger partial charge in [-0.3, -0.25) is 0 Å². The first-order valence-electron chi connectivity index (χ1n) is 7.11. The molecule has 2 saturated heterocycles. The van der Waals surface area contributed by atoms with E-state index in [2.05, 4.69) is 6.07 Å². The molecule has 2 aliphatic heterocycles. The van der Waals surface area contributed by atoms with Gasteiger partial charge in [-0.05, 0) is 43.4 Å². The predicted molar refractivity (Wildman–Crippen MR) is 79.9 cm³/mol. The number of methoxy groups -OCH3 is 1. The molecule has 0 aromatic heterocycles. The summed E-state index contributed by atoms with van der Waals surface area (Å²) in [5, 5.41) is 21.4. The number of ether oxygens (including phenoxy) is 1. The van der Waals surface area contributed by atoms with Crippen molar-refractivity contribution in [1.29, 1.82) is 5.26 Å². The molecule has 20 heavy (non-hydrogen) atoms. The maximum absolute atomic E-state index is 11.1. The molecule has 3 rings (SSSR count). The molecular formula is C16H19NO2S. The average molecular weight is 289 g/mol. The highest BCUT2D eigenvalue weighted by Crippen LogP contribution is 2.49. The fraction of sp³-hybridized carbons (Fsp3) is 0.562. The molecule has 1 aromatic carbocycles. The molecule has 2 fully saturated rings. The minimum absolute atomic E-state index is 0.502. The summed E-state index contributed by atoms with van der Waals surface area (Å²) in [7, 11) is 1.56. The van der Waals surface area contributed by atoms with Crippen molar-refractivity contribution in [2.45, 2.75) is 48.2 Å². The zero-order valence-corrected chi connectivity index (χ0v) is 12.4. The Morgan fingerprint density at radius 1 is 1.35 bits per heavy atom. The highest BCUT2D eigenvalue weighted by molar-refractivity contribution is 8.00. The Bertz CT molecular complexity index is 540.